The Morgan fingerprint density at radius 3 is 1.45 bits per heavy atom. The molecule has 2 nitrogen and oxygen atoms in total. The highest BCUT2D eigenvalue weighted by atomic mass is 15.1. The van der Waals surface area contributed by atoms with Crippen LogP contribution in [0.5, 0.6) is 0 Å². The monoisotopic (exact) mass is 818 g/mol. The standard InChI is InChI=1S/C62H46N2/c1-62(2)60-52(32-19-33-54(60)55-34-17-18-42-63-55)53-40-41-57(58(61(53)62)47-27-13-6-14-28-47)64(48-38-36-44(37-39-48)43-21-7-3-8-22-43)56-35-20-31-50(46-25-11-5-12-26-46)59(56)51-30-16-15-29-49(51)45-23-9-4-10-24-45/h3-42H,1-2H3. The van der Waals surface area contributed by atoms with Gasteiger partial charge in [-0.15, -0.1) is 0 Å². The first kappa shape index (κ1) is 38.8. The Hall–Kier alpha value is -8.07. The summed E-state index contributed by atoms with van der Waals surface area (Å²) in [5, 5.41) is 0. The lowest BCUT2D eigenvalue weighted by Crippen LogP contribution is -2.20. The zero-order valence-electron chi connectivity index (χ0n) is 36.0. The average molecular weight is 819 g/mol. The molecule has 0 atom stereocenters. The lowest BCUT2D eigenvalue weighted by Gasteiger charge is -2.34. The summed E-state index contributed by atoms with van der Waals surface area (Å²) in [6, 6.07) is 85.8. The zero-order valence-corrected chi connectivity index (χ0v) is 36.0. The molecular formula is C62H46N2. The molecular weight excluding hydrogens is 773 g/mol. The molecule has 9 aromatic carbocycles. The van der Waals surface area contributed by atoms with Crippen molar-refractivity contribution in [2.24, 2.45) is 0 Å². The third kappa shape index (κ3) is 6.72. The van der Waals surface area contributed by atoms with E-state index >= 15 is 0 Å². The minimum atomic E-state index is -0.378. The first-order valence-electron chi connectivity index (χ1n) is 22.1. The highest BCUT2D eigenvalue weighted by molar-refractivity contribution is 6.05. The predicted molar refractivity (Wildman–Crippen MR) is 269 cm³/mol. The third-order valence-corrected chi connectivity index (χ3v) is 12.9. The second-order valence-electron chi connectivity index (χ2n) is 17.0. The summed E-state index contributed by atoms with van der Waals surface area (Å²) in [4.78, 5) is 7.41. The number of hydrogen-bond acceptors (Lipinski definition) is 2. The molecule has 1 aliphatic carbocycles. The van der Waals surface area contributed by atoms with Crippen LogP contribution in [-0.4, -0.2) is 4.98 Å². The quantitative estimate of drug-likeness (QED) is 0.144. The van der Waals surface area contributed by atoms with Crippen LogP contribution in [0.4, 0.5) is 17.1 Å². The molecule has 0 N–H and O–H groups in total. The number of benzene rings is 9. The summed E-state index contributed by atoms with van der Waals surface area (Å²) in [5.41, 5.74) is 22.0. The average Bonchev–Trinajstić information content (AvgIpc) is 3.61. The molecule has 0 bridgehead atoms. The summed E-state index contributed by atoms with van der Waals surface area (Å²) in [6.07, 6.45) is 1.90. The predicted octanol–water partition coefficient (Wildman–Crippen LogP) is 16.9. The second kappa shape index (κ2) is 16.3. The van der Waals surface area contributed by atoms with Gasteiger partial charge >= 0.3 is 0 Å². The van der Waals surface area contributed by atoms with Crippen molar-refractivity contribution in [1.29, 1.82) is 0 Å². The Bertz CT molecular complexity index is 3250. The molecule has 0 saturated carbocycles. The van der Waals surface area contributed by atoms with Gasteiger partial charge in [0.2, 0.25) is 0 Å². The van der Waals surface area contributed by atoms with Crippen molar-refractivity contribution in [1.82, 2.24) is 4.98 Å². The summed E-state index contributed by atoms with van der Waals surface area (Å²) in [6.45, 7) is 4.80. The maximum atomic E-state index is 4.88. The van der Waals surface area contributed by atoms with E-state index < -0.39 is 0 Å². The molecule has 0 aliphatic heterocycles. The van der Waals surface area contributed by atoms with E-state index in [4.69, 9.17) is 4.98 Å². The molecule has 1 aromatic heterocycles. The minimum absolute atomic E-state index is 0.378. The van der Waals surface area contributed by atoms with Gasteiger partial charge in [0.25, 0.3) is 0 Å². The van der Waals surface area contributed by atoms with Gasteiger partial charge in [0, 0.05) is 34.0 Å². The third-order valence-electron chi connectivity index (χ3n) is 12.9. The molecule has 64 heavy (non-hydrogen) atoms. The van der Waals surface area contributed by atoms with Gasteiger partial charge in [-0.05, 0) is 103 Å². The molecule has 2 heteroatoms. The van der Waals surface area contributed by atoms with E-state index in [1.54, 1.807) is 0 Å². The van der Waals surface area contributed by atoms with Gasteiger partial charge in [-0.3, -0.25) is 4.98 Å². The van der Waals surface area contributed by atoms with Gasteiger partial charge in [0.1, 0.15) is 0 Å². The first-order valence-corrected chi connectivity index (χ1v) is 22.1. The molecule has 1 heterocycles. The molecule has 0 amide bonds. The van der Waals surface area contributed by atoms with Crippen molar-refractivity contribution < 1.29 is 0 Å². The Balaban J connectivity index is 1.24. The minimum Gasteiger partial charge on any atom is -0.309 e. The van der Waals surface area contributed by atoms with Crippen LogP contribution < -0.4 is 4.90 Å². The zero-order chi connectivity index (χ0) is 43.0. The van der Waals surface area contributed by atoms with Crippen LogP contribution >= 0.6 is 0 Å². The summed E-state index contributed by atoms with van der Waals surface area (Å²) >= 11 is 0. The topological polar surface area (TPSA) is 16.1 Å². The highest BCUT2D eigenvalue weighted by Crippen LogP contribution is 2.59. The first-order chi connectivity index (χ1) is 31.6. The van der Waals surface area contributed by atoms with Gasteiger partial charge < -0.3 is 4.90 Å². The van der Waals surface area contributed by atoms with Crippen molar-refractivity contribution in [2.45, 2.75) is 19.3 Å². The molecule has 0 saturated heterocycles. The SMILES string of the molecule is CC1(C)c2c(-c3ccccn3)cccc2-c2ccc(N(c3ccc(-c4ccccc4)cc3)c3cccc(-c4ccccc4)c3-c3ccccc3-c3ccccc3)c(-c3ccccc3)c21. The number of rotatable bonds is 9. The Morgan fingerprint density at radius 2 is 0.797 bits per heavy atom. The summed E-state index contributed by atoms with van der Waals surface area (Å²) < 4.78 is 0. The van der Waals surface area contributed by atoms with Crippen molar-refractivity contribution in [3.05, 3.63) is 254 Å². The van der Waals surface area contributed by atoms with E-state index in [0.717, 1.165) is 28.3 Å². The van der Waals surface area contributed by atoms with Crippen molar-refractivity contribution in [2.75, 3.05) is 4.90 Å². The lowest BCUT2D eigenvalue weighted by atomic mass is 9.76. The normalized spacial score (nSPS) is 12.3. The fourth-order valence-electron chi connectivity index (χ4n) is 10.1. The molecule has 0 unspecified atom stereocenters. The molecule has 10 aromatic rings. The van der Waals surface area contributed by atoms with Gasteiger partial charge in [0.05, 0.1) is 17.1 Å². The van der Waals surface area contributed by atoms with E-state index in [9.17, 15) is 0 Å². The van der Waals surface area contributed by atoms with Crippen LogP contribution in [0.15, 0.2) is 243 Å². The fourth-order valence-corrected chi connectivity index (χ4v) is 10.1. The Morgan fingerprint density at radius 1 is 0.312 bits per heavy atom. The molecule has 0 radical (unpaired) electrons. The van der Waals surface area contributed by atoms with Crippen molar-refractivity contribution in [3.63, 3.8) is 0 Å². The number of anilines is 3. The molecule has 304 valence electrons. The van der Waals surface area contributed by atoms with Crippen LogP contribution in [0, 0.1) is 0 Å². The number of pyridine rings is 1. The summed E-state index contributed by atoms with van der Waals surface area (Å²) in [5.74, 6) is 0. The Labute approximate surface area is 376 Å². The maximum Gasteiger partial charge on any atom is 0.0705 e. The smallest absolute Gasteiger partial charge is 0.0705 e. The molecule has 0 spiro atoms. The van der Waals surface area contributed by atoms with Gasteiger partial charge in [-0.2, -0.15) is 0 Å². The van der Waals surface area contributed by atoms with E-state index in [0.29, 0.717) is 0 Å². The van der Waals surface area contributed by atoms with Crippen molar-refractivity contribution in [3.8, 4) is 78.0 Å². The number of hydrogen-bond donors (Lipinski definition) is 0. The van der Waals surface area contributed by atoms with Crippen LogP contribution in [-0.2, 0) is 5.41 Å². The van der Waals surface area contributed by atoms with E-state index in [1.807, 2.05) is 12.3 Å². The van der Waals surface area contributed by atoms with E-state index in [-0.39, 0.29) is 5.41 Å². The summed E-state index contributed by atoms with van der Waals surface area (Å²) in [7, 11) is 0. The lowest BCUT2D eigenvalue weighted by molar-refractivity contribution is 0.663. The van der Waals surface area contributed by atoms with Crippen LogP contribution in [0.1, 0.15) is 25.0 Å². The molecule has 0 fully saturated rings. The second-order valence-corrected chi connectivity index (χ2v) is 17.0. The number of fused-ring (bicyclic) bond motifs is 3. The number of aromatic nitrogens is 1. The largest absolute Gasteiger partial charge is 0.309 e. The van der Waals surface area contributed by atoms with Crippen LogP contribution in [0.2, 0.25) is 0 Å². The van der Waals surface area contributed by atoms with Gasteiger partial charge in [-0.25, -0.2) is 0 Å². The fraction of sp³-hybridized carbons (Fsp3) is 0.0484. The van der Waals surface area contributed by atoms with Gasteiger partial charge in [-0.1, -0.05) is 214 Å². The number of nitrogens with zero attached hydrogens (tertiary/aromatic N) is 2. The van der Waals surface area contributed by atoms with Crippen LogP contribution in [0.25, 0.3) is 78.0 Å². The highest BCUT2D eigenvalue weighted by Gasteiger charge is 2.41. The maximum absolute atomic E-state index is 4.88. The molecule has 1 aliphatic rings. The Kier molecular flexibility index (Phi) is 9.90. The van der Waals surface area contributed by atoms with E-state index in [1.165, 1.54) is 77.9 Å². The van der Waals surface area contributed by atoms with Gasteiger partial charge in [0.15, 0.2) is 0 Å². The van der Waals surface area contributed by atoms with E-state index in [2.05, 4.69) is 249 Å². The van der Waals surface area contributed by atoms with Crippen molar-refractivity contribution >= 4 is 17.1 Å². The molecule has 11 rings (SSSR count). The van der Waals surface area contributed by atoms with Crippen LogP contribution in [0.3, 0.4) is 0 Å².